The molecular weight excluding hydrogens is 434 g/mol. The molecule has 0 aliphatic rings. The van der Waals surface area contributed by atoms with Crippen molar-refractivity contribution >= 4 is 28.1 Å². The predicted molar refractivity (Wildman–Crippen MR) is 117 cm³/mol. The molecule has 2 aromatic carbocycles. The van der Waals surface area contributed by atoms with E-state index in [0.29, 0.717) is 5.75 Å². The molecule has 0 saturated heterocycles. The van der Waals surface area contributed by atoms with Gasteiger partial charge in [0.1, 0.15) is 11.5 Å². The van der Waals surface area contributed by atoms with Crippen molar-refractivity contribution in [2.24, 2.45) is 5.10 Å². The number of carbonyl (C=O) groups excluding carboxylic acids is 1. The zero-order valence-electron chi connectivity index (χ0n) is 16.5. The Hall–Kier alpha value is -3.06. The molecule has 7 heteroatoms. The van der Waals surface area contributed by atoms with E-state index in [1.807, 2.05) is 44.2 Å². The molecule has 1 heterocycles. The van der Waals surface area contributed by atoms with Crippen LogP contribution >= 0.6 is 15.9 Å². The van der Waals surface area contributed by atoms with Crippen LogP contribution in [0.4, 0.5) is 0 Å². The van der Waals surface area contributed by atoms with Gasteiger partial charge in [-0.15, -0.1) is 0 Å². The minimum atomic E-state index is -0.334. The van der Waals surface area contributed by atoms with Gasteiger partial charge in [0.15, 0.2) is 6.61 Å². The molecule has 0 bridgehead atoms. The van der Waals surface area contributed by atoms with Crippen LogP contribution in [0.25, 0.3) is 5.69 Å². The molecule has 0 fully saturated rings. The number of nitrogens with zero attached hydrogens (tertiary/aromatic N) is 2. The number of aromatic nitrogens is 1. The second kappa shape index (κ2) is 9.43. The van der Waals surface area contributed by atoms with Crippen LogP contribution in [0.3, 0.4) is 0 Å². The average Bonchev–Trinajstić information content (AvgIpc) is 3.01. The van der Waals surface area contributed by atoms with Gasteiger partial charge < -0.3 is 14.0 Å². The van der Waals surface area contributed by atoms with Crippen molar-refractivity contribution in [1.29, 1.82) is 0 Å². The Morgan fingerprint density at radius 1 is 1.10 bits per heavy atom. The predicted octanol–water partition coefficient (Wildman–Crippen LogP) is 4.39. The summed E-state index contributed by atoms with van der Waals surface area (Å²) < 4.78 is 13.7. The van der Waals surface area contributed by atoms with Crippen molar-refractivity contribution in [2.75, 3.05) is 13.7 Å². The molecule has 150 valence electrons. The molecule has 3 rings (SSSR count). The standard InChI is InChI=1S/C22H22BrN3O3/c1-15-12-17(16(2)26(15)19-6-4-18(23)5-7-19)13-24-25-22(27)14-29-21-10-8-20(28-3)9-11-21/h4-13H,14H2,1-3H3,(H,25,27). The Labute approximate surface area is 178 Å². The van der Waals surface area contributed by atoms with Gasteiger partial charge in [-0.1, -0.05) is 15.9 Å². The zero-order chi connectivity index (χ0) is 20.8. The van der Waals surface area contributed by atoms with Gasteiger partial charge in [-0.25, -0.2) is 5.43 Å². The van der Waals surface area contributed by atoms with Gasteiger partial charge in [0, 0.05) is 27.1 Å². The Morgan fingerprint density at radius 3 is 2.41 bits per heavy atom. The van der Waals surface area contributed by atoms with Gasteiger partial charge >= 0.3 is 0 Å². The number of hydrazone groups is 1. The molecule has 1 aromatic heterocycles. The summed E-state index contributed by atoms with van der Waals surface area (Å²) in [4.78, 5) is 12.0. The summed E-state index contributed by atoms with van der Waals surface area (Å²) in [5.41, 5.74) is 6.62. The summed E-state index contributed by atoms with van der Waals surface area (Å²) in [6, 6.07) is 17.2. The molecule has 0 saturated carbocycles. The van der Waals surface area contributed by atoms with E-state index in [1.165, 1.54) is 0 Å². The third-order valence-electron chi connectivity index (χ3n) is 4.38. The highest BCUT2D eigenvalue weighted by Crippen LogP contribution is 2.21. The monoisotopic (exact) mass is 455 g/mol. The van der Waals surface area contributed by atoms with Crippen molar-refractivity contribution in [3.8, 4) is 17.2 Å². The maximum absolute atomic E-state index is 12.0. The van der Waals surface area contributed by atoms with Crippen LogP contribution in [-0.4, -0.2) is 30.4 Å². The van der Waals surface area contributed by atoms with Gasteiger partial charge in [-0.3, -0.25) is 4.79 Å². The van der Waals surface area contributed by atoms with Gasteiger partial charge in [0.2, 0.25) is 0 Å². The zero-order valence-corrected chi connectivity index (χ0v) is 18.1. The Bertz CT molecular complexity index is 1010. The van der Waals surface area contributed by atoms with Crippen molar-refractivity contribution in [3.63, 3.8) is 0 Å². The summed E-state index contributed by atoms with van der Waals surface area (Å²) in [5, 5.41) is 4.06. The minimum absolute atomic E-state index is 0.123. The highest BCUT2D eigenvalue weighted by molar-refractivity contribution is 9.10. The van der Waals surface area contributed by atoms with Crippen LogP contribution in [0.15, 0.2) is 64.2 Å². The van der Waals surface area contributed by atoms with Crippen LogP contribution in [0.2, 0.25) is 0 Å². The number of hydrogen-bond donors (Lipinski definition) is 1. The molecule has 0 aliphatic heterocycles. The van der Waals surface area contributed by atoms with E-state index in [1.54, 1.807) is 37.6 Å². The summed E-state index contributed by atoms with van der Waals surface area (Å²) in [6.07, 6.45) is 1.64. The lowest BCUT2D eigenvalue weighted by Crippen LogP contribution is -2.24. The third kappa shape index (κ3) is 5.26. The van der Waals surface area contributed by atoms with Crippen molar-refractivity contribution in [1.82, 2.24) is 9.99 Å². The van der Waals surface area contributed by atoms with E-state index in [4.69, 9.17) is 9.47 Å². The molecular formula is C22H22BrN3O3. The number of ether oxygens (including phenoxy) is 2. The number of benzene rings is 2. The van der Waals surface area contributed by atoms with Gasteiger partial charge in [0.05, 0.1) is 13.3 Å². The first kappa shape index (κ1) is 20.7. The van der Waals surface area contributed by atoms with Gasteiger partial charge in [0.25, 0.3) is 5.91 Å². The first-order valence-electron chi connectivity index (χ1n) is 9.01. The molecule has 0 spiro atoms. The first-order valence-corrected chi connectivity index (χ1v) is 9.81. The Morgan fingerprint density at radius 2 is 1.76 bits per heavy atom. The highest BCUT2D eigenvalue weighted by Gasteiger charge is 2.09. The highest BCUT2D eigenvalue weighted by atomic mass is 79.9. The van der Waals surface area contributed by atoms with Gasteiger partial charge in [-0.05, 0) is 68.4 Å². The van der Waals surface area contributed by atoms with E-state index in [-0.39, 0.29) is 12.5 Å². The molecule has 0 radical (unpaired) electrons. The minimum Gasteiger partial charge on any atom is -0.497 e. The lowest BCUT2D eigenvalue weighted by molar-refractivity contribution is -0.123. The summed E-state index contributed by atoms with van der Waals surface area (Å²) >= 11 is 3.46. The van der Waals surface area contributed by atoms with Crippen molar-refractivity contribution in [2.45, 2.75) is 13.8 Å². The number of amides is 1. The molecule has 1 N–H and O–H groups in total. The topological polar surface area (TPSA) is 64.8 Å². The second-order valence-electron chi connectivity index (χ2n) is 6.40. The maximum atomic E-state index is 12.0. The number of aryl methyl sites for hydroxylation is 1. The largest absolute Gasteiger partial charge is 0.497 e. The SMILES string of the molecule is COc1ccc(OCC(=O)NN=Cc2cc(C)n(-c3ccc(Br)cc3)c2C)cc1. The molecule has 29 heavy (non-hydrogen) atoms. The number of hydrogen-bond acceptors (Lipinski definition) is 4. The molecule has 0 aliphatic carbocycles. The van der Waals surface area contributed by atoms with Crippen LogP contribution < -0.4 is 14.9 Å². The summed E-state index contributed by atoms with van der Waals surface area (Å²) in [5.74, 6) is 0.980. The molecule has 1 amide bonds. The van der Waals surface area contributed by atoms with E-state index in [9.17, 15) is 4.79 Å². The fourth-order valence-corrected chi connectivity index (χ4v) is 3.20. The van der Waals surface area contributed by atoms with Crippen LogP contribution in [-0.2, 0) is 4.79 Å². The first-order chi connectivity index (χ1) is 14.0. The van der Waals surface area contributed by atoms with Crippen molar-refractivity contribution in [3.05, 3.63) is 76.0 Å². The molecule has 3 aromatic rings. The third-order valence-corrected chi connectivity index (χ3v) is 4.91. The Balaban J connectivity index is 1.59. The second-order valence-corrected chi connectivity index (χ2v) is 7.31. The smallest absolute Gasteiger partial charge is 0.277 e. The fraction of sp³-hybridized carbons (Fsp3) is 0.182. The maximum Gasteiger partial charge on any atom is 0.277 e. The summed E-state index contributed by atoms with van der Waals surface area (Å²) in [6.45, 7) is 3.93. The average molecular weight is 456 g/mol. The molecule has 0 atom stereocenters. The number of halogens is 1. The van der Waals surface area contributed by atoms with Crippen LogP contribution in [0.5, 0.6) is 11.5 Å². The quantitative estimate of drug-likeness (QED) is 0.424. The molecule has 0 unspecified atom stereocenters. The Kier molecular flexibility index (Phi) is 6.72. The summed E-state index contributed by atoms with van der Waals surface area (Å²) in [7, 11) is 1.59. The van der Waals surface area contributed by atoms with Gasteiger partial charge in [-0.2, -0.15) is 5.10 Å². The normalized spacial score (nSPS) is 10.9. The van der Waals surface area contributed by atoms with Crippen LogP contribution in [0.1, 0.15) is 17.0 Å². The van der Waals surface area contributed by atoms with E-state index < -0.39 is 0 Å². The molecule has 6 nitrogen and oxygen atoms in total. The lowest BCUT2D eigenvalue weighted by Gasteiger charge is -2.09. The van der Waals surface area contributed by atoms with Crippen LogP contribution in [0, 0.1) is 13.8 Å². The number of rotatable bonds is 7. The van der Waals surface area contributed by atoms with E-state index >= 15 is 0 Å². The number of methoxy groups -OCH3 is 1. The van der Waals surface area contributed by atoms with E-state index in [0.717, 1.165) is 32.9 Å². The number of carbonyl (C=O) groups is 1. The van der Waals surface area contributed by atoms with Crippen molar-refractivity contribution < 1.29 is 14.3 Å². The van der Waals surface area contributed by atoms with E-state index in [2.05, 4.69) is 31.0 Å². The number of nitrogens with one attached hydrogen (secondary N) is 1. The fourth-order valence-electron chi connectivity index (χ4n) is 2.93. The lowest BCUT2D eigenvalue weighted by atomic mass is 10.2.